The molecule has 0 saturated heterocycles. The molecular formula is C15H15N3O. The highest BCUT2D eigenvalue weighted by Gasteiger charge is 1.99. The van der Waals surface area contributed by atoms with Gasteiger partial charge in [0.2, 0.25) is 0 Å². The zero-order valence-electron chi connectivity index (χ0n) is 10.8. The predicted octanol–water partition coefficient (Wildman–Crippen LogP) is 2.66. The van der Waals surface area contributed by atoms with Crippen molar-refractivity contribution in [2.45, 2.75) is 13.3 Å². The summed E-state index contributed by atoms with van der Waals surface area (Å²) in [4.78, 5) is 8.50. The molecule has 3 aromatic heterocycles. The van der Waals surface area contributed by atoms with Crippen molar-refractivity contribution in [3.63, 3.8) is 0 Å². The zero-order valence-corrected chi connectivity index (χ0v) is 10.8. The molecule has 0 aliphatic heterocycles. The number of hydrogen-bond acceptors (Lipinski definition) is 3. The van der Waals surface area contributed by atoms with E-state index in [2.05, 4.69) is 16.0 Å². The summed E-state index contributed by atoms with van der Waals surface area (Å²) in [6.07, 6.45) is 8.39. The molecule has 0 aliphatic rings. The molecule has 3 rings (SSSR count). The van der Waals surface area contributed by atoms with Crippen LogP contribution in [-0.4, -0.2) is 21.0 Å². The third-order valence-corrected chi connectivity index (χ3v) is 3.00. The highest BCUT2D eigenvalue weighted by molar-refractivity contribution is 5.44. The van der Waals surface area contributed by atoms with Gasteiger partial charge in [-0.2, -0.15) is 0 Å². The molecule has 3 heterocycles. The maximum absolute atomic E-state index is 5.74. The molecule has 0 N–H and O–H groups in total. The summed E-state index contributed by atoms with van der Waals surface area (Å²) in [5.74, 6) is 0.846. The fraction of sp³-hybridized carbons (Fsp3) is 0.200. The molecule has 0 radical (unpaired) electrons. The van der Waals surface area contributed by atoms with Crippen LogP contribution in [0.15, 0.2) is 49.1 Å². The average Bonchev–Trinajstić information content (AvgIpc) is 2.88. The Kier molecular flexibility index (Phi) is 3.14. The number of nitrogens with zero attached hydrogens (tertiary/aromatic N) is 3. The van der Waals surface area contributed by atoms with Gasteiger partial charge in [0.25, 0.3) is 0 Å². The molecule has 4 nitrogen and oxygen atoms in total. The van der Waals surface area contributed by atoms with Crippen molar-refractivity contribution in [3.8, 4) is 5.75 Å². The quantitative estimate of drug-likeness (QED) is 0.717. The third kappa shape index (κ3) is 2.73. The van der Waals surface area contributed by atoms with Crippen LogP contribution in [0.1, 0.15) is 11.3 Å². The molecule has 0 atom stereocenters. The fourth-order valence-corrected chi connectivity index (χ4v) is 1.91. The van der Waals surface area contributed by atoms with Crippen molar-refractivity contribution in [3.05, 3.63) is 60.3 Å². The van der Waals surface area contributed by atoms with Crippen LogP contribution in [0.2, 0.25) is 0 Å². The minimum absolute atomic E-state index is 0.640. The molecular weight excluding hydrogens is 238 g/mol. The van der Waals surface area contributed by atoms with E-state index in [9.17, 15) is 0 Å². The topological polar surface area (TPSA) is 39.4 Å². The maximum atomic E-state index is 5.74. The second kappa shape index (κ2) is 5.10. The van der Waals surface area contributed by atoms with Crippen LogP contribution >= 0.6 is 0 Å². The normalized spacial score (nSPS) is 10.8. The highest BCUT2D eigenvalue weighted by Crippen LogP contribution is 2.13. The highest BCUT2D eigenvalue weighted by atomic mass is 16.5. The molecule has 0 amide bonds. The minimum Gasteiger partial charge on any atom is -0.493 e. The number of fused-ring (bicyclic) bond motifs is 1. The van der Waals surface area contributed by atoms with E-state index in [0.29, 0.717) is 6.61 Å². The van der Waals surface area contributed by atoms with E-state index in [0.717, 1.165) is 23.5 Å². The molecule has 96 valence electrons. The Labute approximate surface area is 111 Å². The SMILES string of the molecule is Cc1ccc(CCOc2ccn3ccnc3c2)cn1. The number of aryl methyl sites for hydroxylation is 1. The minimum atomic E-state index is 0.640. The zero-order chi connectivity index (χ0) is 13.1. The standard InChI is InChI=1S/C15H15N3O/c1-12-2-3-13(11-17-12)5-9-19-14-4-7-18-8-6-16-15(18)10-14/h2-4,6-8,10-11H,5,9H2,1H3. The molecule has 0 aliphatic carbocycles. The molecule has 0 bridgehead atoms. The van der Waals surface area contributed by atoms with Crippen LogP contribution < -0.4 is 4.74 Å². The van der Waals surface area contributed by atoms with E-state index in [1.54, 1.807) is 6.20 Å². The fourth-order valence-electron chi connectivity index (χ4n) is 1.91. The molecule has 0 aromatic carbocycles. The summed E-state index contributed by atoms with van der Waals surface area (Å²) >= 11 is 0. The van der Waals surface area contributed by atoms with Crippen LogP contribution in [-0.2, 0) is 6.42 Å². The number of pyridine rings is 2. The first-order chi connectivity index (χ1) is 9.31. The Morgan fingerprint density at radius 3 is 2.95 bits per heavy atom. The largest absolute Gasteiger partial charge is 0.493 e. The summed E-state index contributed by atoms with van der Waals surface area (Å²) in [7, 11) is 0. The van der Waals surface area contributed by atoms with Gasteiger partial charge in [-0.25, -0.2) is 4.98 Å². The van der Waals surface area contributed by atoms with Gasteiger partial charge in [-0.3, -0.25) is 4.98 Å². The van der Waals surface area contributed by atoms with Crippen LogP contribution in [0, 0.1) is 6.92 Å². The van der Waals surface area contributed by atoms with Gasteiger partial charge in [-0.15, -0.1) is 0 Å². The molecule has 19 heavy (non-hydrogen) atoms. The number of hydrogen-bond donors (Lipinski definition) is 0. The summed E-state index contributed by atoms with van der Waals surface area (Å²) in [6.45, 7) is 2.63. The predicted molar refractivity (Wildman–Crippen MR) is 73.4 cm³/mol. The van der Waals surface area contributed by atoms with Crippen molar-refractivity contribution in [1.82, 2.24) is 14.4 Å². The van der Waals surface area contributed by atoms with Crippen molar-refractivity contribution in [2.24, 2.45) is 0 Å². The Balaban J connectivity index is 1.61. The lowest BCUT2D eigenvalue weighted by Crippen LogP contribution is -2.02. The summed E-state index contributed by atoms with van der Waals surface area (Å²) in [5, 5.41) is 0. The lowest BCUT2D eigenvalue weighted by Gasteiger charge is -2.06. The van der Waals surface area contributed by atoms with E-state index in [4.69, 9.17) is 4.74 Å². The Morgan fingerprint density at radius 2 is 2.11 bits per heavy atom. The monoisotopic (exact) mass is 253 g/mol. The first-order valence-electron chi connectivity index (χ1n) is 6.28. The Hall–Kier alpha value is -2.36. The Bertz CT molecular complexity index is 673. The molecule has 0 unspecified atom stereocenters. The van der Waals surface area contributed by atoms with Crippen LogP contribution in [0.3, 0.4) is 0 Å². The van der Waals surface area contributed by atoms with Crippen LogP contribution in [0.25, 0.3) is 5.65 Å². The number of imidazole rings is 1. The smallest absolute Gasteiger partial charge is 0.140 e. The van der Waals surface area contributed by atoms with Gasteiger partial charge in [-0.05, 0) is 24.6 Å². The van der Waals surface area contributed by atoms with Crippen molar-refractivity contribution < 1.29 is 4.74 Å². The van der Waals surface area contributed by atoms with E-state index >= 15 is 0 Å². The lowest BCUT2D eigenvalue weighted by atomic mass is 10.2. The van der Waals surface area contributed by atoms with E-state index in [1.807, 2.05) is 48.1 Å². The number of aromatic nitrogens is 3. The number of rotatable bonds is 4. The van der Waals surface area contributed by atoms with Gasteiger partial charge in [0, 0.05) is 43.0 Å². The first kappa shape index (κ1) is 11.7. The van der Waals surface area contributed by atoms with Crippen molar-refractivity contribution >= 4 is 5.65 Å². The van der Waals surface area contributed by atoms with Gasteiger partial charge in [0.05, 0.1) is 6.61 Å². The second-order valence-electron chi connectivity index (χ2n) is 4.46. The Morgan fingerprint density at radius 1 is 1.16 bits per heavy atom. The second-order valence-corrected chi connectivity index (χ2v) is 4.46. The first-order valence-corrected chi connectivity index (χ1v) is 6.28. The van der Waals surface area contributed by atoms with Gasteiger partial charge in [0.15, 0.2) is 0 Å². The molecule has 0 saturated carbocycles. The average molecular weight is 253 g/mol. The molecule has 0 fully saturated rings. The lowest BCUT2D eigenvalue weighted by molar-refractivity contribution is 0.321. The summed E-state index contributed by atoms with van der Waals surface area (Å²) < 4.78 is 7.69. The van der Waals surface area contributed by atoms with E-state index in [1.165, 1.54) is 5.56 Å². The van der Waals surface area contributed by atoms with Crippen molar-refractivity contribution in [2.75, 3.05) is 6.61 Å². The molecule has 3 aromatic rings. The summed E-state index contributed by atoms with van der Waals surface area (Å²) in [6, 6.07) is 7.99. The van der Waals surface area contributed by atoms with Gasteiger partial charge in [0.1, 0.15) is 11.4 Å². The summed E-state index contributed by atoms with van der Waals surface area (Å²) in [5.41, 5.74) is 3.12. The van der Waals surface area contributed by atoms with Gasteiger partial charge < -0.3 is 9.14 Å². The number of ether oxygens (including phenoxy) is 1. The molecule has 0 spiro atoms. The van der Waals surface area contributed by atoms with Crippen LogP contribution in [0.5, 0.6) is 5.75 Å². The molecule has 4 heteroatoms. The van der Waals surface area contributed by atoms with E-state index < -0.39 is 0 Å². The van der Waals surface area contributed by atoms with Gasteiger partial charge in [-0.1, -0.05) is 6.07 Å². The van der Waals surface area contributed by atoms with E-state index in [-0.39, 0.29) is 0 Å². The van der Waals surface area contributed by atoms with Crippen molar-refractivity contribution in [1.29, 1.82) is 0 Å². The van der Waals surface area contributed by atoms with Gasteiger partial charge >= 0.3 is 0 Å². The third-order valence-electron chi connectivity index (χ3n) is 3.00. The maximum Gasteiger partial charge on any atom is 0.140 e. The van der Waals surface area contributed by atoms with Crippen LogP contribution in [0.4, 0.5) is 0 Å².